The smallest absolute Gasteiger partial charge is 0.211 e. The Morgan fingerprint density at radius 2 is 2.31 bits per heavy atom. The fourth-order valence-corrected chi connectivity index (χ4v) is 1.49. The van der Waals surface area contributed by atoms with Crippen LogP contribution in [-0.4, -0.2) is 41.5 Å². The number of carbonyl (C=O) groups is 1. The number of rotatable bonds is 7. The molecule has 4 heteroatoms. The lowest BCUT2D eigenvalue weighted by molar-refractivity contribution is 0.0869. The van der Waals surface area contributed by atoms with Crippen LogP contribution in [0.3, 0.4) is 0 Å². The lowest BCUT2D eigenvalue weighted by Gasteiger charge is -2.24. The van der Waals surface area contributed by atoms with Crippen LogP contribution in [0, 0.1) is 0 Å². The van der Waals surface area contributed by atoms with E-state index in [4.69, 9.17) is 9.52 Å². The Bertz CT molecular complexity index is 306. The molecule has 1 aromatic rings. The number of hydrogen-bond donors (Lipinski definition) is 1. The largest absolute Gasteiger partial charge is 0.461 e. The zero-order valence-corrected chi connectivity index (χ0v) is 9.85. The Balaban J connectivity index is 2.51. The van der Waals surface area contributed by atoms with Crippen molar-refractivity contribution in [1.29, 1.82) is 0 Å². The molecule has 1 N–H and O–H groups in total. The van der Waals surface area contributed by atoms with Crippen molar-refractivity contribution in [2.45, 2.75) is 26.3 Å². The first-order valence-electron chi connectivity index (χ1n) is 5.56. The number of furan rings is 1. The summed E-state index contributed by atoms with van der Waals surface area (Å²) < 4.78 is 5.05. The zero-order chi connectivity index (χ0) is 12.0. The molecule has 0 aliphatic carbocycles. The lowest BCUT2D eigenvalue weighted by atomic mass is 10.2. The molecule has 0 aliphatic rings. The van der Waals surface area contributed by atoms with Crippen molar-refractivity contribution in [3.63, 3.8) is 0 Å². The third kappa shape index (κ3) is 3.79. The summed E-state index contributed by atoms with van der Waals surface area (Å²) in [5, 5.41) is 8.78. The second-order valence-electron chi connectivity index (χ2n) is 4.04. The van der Waals surface area contributed by atoms with Gasteiger partial charge in [-0.25, -0.2) is 0 Å². The van der Waals surface area contributed by atoms with Crippen molar-refractivity contribution in [2.75, 3.05) is 19.7 Å². The van der Waals surface area contributed by atoms with Crippen LogP contribution in [-0.2, 0) is 0 Å². The SMILES string of the molecule is CC(C)N(CCCO)CC(=O)c1ccco1. The van der Waals surface area contributed by atoms with E-state index in [2.05, 4.69) is 0 Å². The Hall–Kier alpha value is -1.13. The summed E-state index contributed by atoms with van der Waals surface area (Å²) in [6.07, 6.45) is 2.18. The molecule has 0 radical (unpaired) electrons. The summed E-state index contributed by atoms with van der Waals surface area (Å²) in [6.45, 7) is 5.28. The second-order valence-corrected chi connectivity index (χ2v) is 4.04. The summed E-state index contributed by atoms with van der Waals surface area (Å²) in [4.78, 5) is 13.8. The van der Waals surface area contributed by atoms with E-state index in [-0.39, 0.29) is 18.4 Å². The molecule has 0 fully saturated rings. The third-order valence-electron chi connectivity index (χ3n) is 2.48. The highest BCUT2D eigenvalue weighted by Gasteiger charge is 2.16. The normalized spacial score (nSPS) is 11.3. The molecule has 1 aromatic heterocycles. The molecule has 0 bridgehead atoms. The first-order valence-corrected chi connectivity index (χ1v) is 5.56. The van der Waals surface area contributed by atoms with Crippen molar-refractivity contribution >= 4 is 5.78 Å². The summed E-state index contributed by atoms with van der Waals surface area (Å²) in [6, 6.07) is 3.67. The van der Waals surface area contributed by atoms with E-state index in [0.717, 1.165) is 6.54 Å². The number of Topliss-reactive ketones (excluding diaryl/α,β-unsaturated/α-hetero) is 1. The monoisotopic (exact) mass is 225 g/mol. The van der Waals surface area contributed by atoms with E-state index in [1.54, 1.807) is 12.1 Å². The number of hydrogen-bond acceptors (Lipinski definition) is 4. The van der Waals surface area contributed by atoms with Crippen LogP contribution >= 0.6 is 0 Å². The van der Waals surface area contributed by atoms with Gasteiger partial charge in [-0.15, -0.1) is 0 Å². The van der Waals surface area contributed by atoms with Crippen molar-refractivity contribution in [3.8, 4) is 0 Å². The molecule has 0 saturated carbocycles. The number of nitrogens with zero attached hydrogens (tertiary/aromatic N) is 1. The van der Waals surface area contributed by atoms with Gasteiger partial charge in [-0.1, -0.05) is 0 Å². The standard InChI is InChI=1S/C12H19NO3/c1-10(2)13(6-4-7-14)9-11(15)12-5-3-8-16-12/h3,5,8,10,14H,4,6-7,9H2,1-2H3. The van der Waals surface area contributed by atoms with Crippen LogP contribution < -0.4 is 0 Å². The van der Waals surface area contributed by atoms with Gasteiger partial charge in [0.25, 0.3) is 0 Å². The van der Waals surface area contributed by atoms with E-state index >= 15 is 0 Å². The minimum absolute atomic E-state index is 0.0170. The number of ketones is 1. The highest BCUT2D eigenvalue weighted by molar-refractivity contribution is 5.95. The first kappa shape index (κ1) is 12.9. The first-order chi connectivity index (χ1) is 7.65. The number of aliphatic hydroxyl groups is 1. The minimum Gasteiger partial charge on any atom is -0.461 e. The summed E-state index contributed by atoms with van der Waals surface area (Å²) in [5.41, 5.74) is 0. The van der Waals surface area contributed by atoms with Crippen molar-refractivity contribution in [3.05, 3.63) is 24.2 Å². The molecule has 0 spiro atoms. The van der Waals surface area contributed by atoms with E-state index in [9.17, 15) is 4.79 Å². The lowest BCUT2D eigenvalue weighted by Crippen LogP contribution is -2.36. The molecule has 90 valence electrons. The maximum atomic E-state index is 11.8. The van der Waals surface area contributed by atoms with Gasteiger partial charge < -0.3 is 9.52 Å². The van der Waals surface area contributed by atoms with E-state index in [0.29, 0.717) is 18.7 Å². The Morgan fingerprint density at radius 1 is 1.56 bits per heavy atom. The Kier molecular flexibility index (Phi) is 5.22. The molecule has 0 unspecified atom stereocenters. The molecular weight excluding hydrogens is 206 g/mol. The van der Waals surface area contributed by atoms with Gasteiger partial charge in [0.2, 0.25) is 5.78 Å². The minimum atomic E-state index is -0.0170. The predicted octanol–water partition coefficient (Wildman–Crippen LogP) is 1.56. The van der Waals surface area contributed by atoms with Gasteiger partial charge in [-0.2, -0.15) is 0 Å². The molecule has 1 rings (SSSR count). The van der Waals surface area contributed by atoms with Crippen LogP contribution in [0.2, 0.25) is 0 Å². The Labute approximate surface area is 95.9 Å². The van der Waals surface area contributed by atoms with Crippen LogP contribution in [0.5, 0.6) is 0 Å². The summed E-state index contributed by atoms with van der Waals surface area (Å²) >= 11 is 0. The van der Waals surface area contributed by atoms with Crippen LogP contribution in [0.15, 0.2) is 22.8 Å². The number of carbonyl (C=O) groups excluding carboxylic acids is 1. The number of aliphatic hydroxyl groups excluding tert-OH is 1. The highest BCUT2D eigenvalue weighted by atomic mass is 16.3. The second kappa shape index (κ2) is 6.45. The van der Waals surface area contributed by atoms with Crippen molar-refractivity contribution in [1.82, 2.24) is 4.90 Å². The van der Waals surface area contributed by atoms with Gasteiger partial charge in [0.1, 0.15) is 0 Å². The van der Waals surface area contributed by atoms with Crippen molar-refractivity contribution < 1.29 is 14.3 Å². The molecule has 4 nitrogen and oxygen atoms in total. The van der Waals surface area contributed by atoms with E-state index < -0.39 is 0 Å². The third-order valence-corrected chi connectivity index (χ3v) is 2.48. The zero-order valence-electron chi connectivity index (χ0n) is 9.85. The fraction of sp³-hybridized carbons (Fsp3) is 0.583. The molecule has 1 heterocycles. The van der Waals surface area contributed by atoms with Crippen LogP contribution in [0.1, 0.15) is 30.8 Å². The predicted molar refractivity (Wildman–Crippen MR) is 61.5 cm³/mol. The fourth-order valence-electron chi connectivity index (χ4n) is 1.49. The summed E-state index contributed by atoms with van der Waals surface area (Å²) in [5.74, 6) is 0.381. The molecule has 0 aromatic carbocycles. The van der Waals surface area contributed by atoms with Gasteiger partial charge in [0.15, 0.2) is 5.76 Å². The Morgan fingerprint density at radius 3 is 2.81 bits per heavy atom. The molecule has 0 aliphatic heterocycles. The van der Waals surface area contributed by atoms with Gasteiger partial charge >= 0.3 is 0 Å². The highest BCUT2D eigenvalue weighted by Crippen LogP contribution is 2.06. The van der Waals surface area contributed by atoms with Gasteiger partial charge in [-0.3, -0.25) is 9.69 Å². The van der Waals surface area contributed by atoms with E-state index in [1.165, 1.54) is 6.26 Å². The average molecular weight is 225 g/mol. The molecule has 0 saturated heterocycles. The van der Waals surface area contributed by atoms with Crippen molar-refractivity contribution in [2.24, 2.45) is 0 Å². The molecular formula is C12H19NO3. The van der Waals surface area contributed by atoms with Gasteiger partial charge in [-0.05, 0) is 32.4 Å². The molecule has 16 heavy (non-hydrogen) atoms. The molecule has 0 atom stereocenters. The van der Waals surface area contributed by atoms with Gasteiger partial charge in [0.05, 0.1) is 12.8 Å². The van der Waals surface area contributed by atoms with Gasteiger partial charge in [0, 0.05) is 19.2 Å². The van der Waals surface area contributed by atoms with Crippen LogP contribution in [0.4, 0.5) is 0 Å². The molecule has 0 amide bonds. The topological polar surface area (TPSA) is 53.7 Å². The van der Waals surface area contributed by atoms with E-state index in [1.807, 2.05) is 18.7 Å². The average Bonchev–Trinajstić information content (AvgIpc) is 2.76. The maximum Gasteiger partial charge on any atom is 0.211 e. The van der Waals surface area contributed by atoms with Crippen LogP contribution in [0.25, 0.3) is 0 Å². The summed E-state index contributed by atoms with van der Waals surface area (Å²) in [7, 11) is 0. The quantitative estimate of drug-likeness (QED) is 0.715. The maximum absolute atomic E-state index is 11.8.